The van der Waals surface area contributed by atoms with Gasteiger partial charge < -0.3 is 15.6 Å². The Morgan fingerprint density at radius 1 is 1.18 bits per heavy atom. The number of carbonyl (C=O) groups is 1. The summed E-state index contributed by atoms with van der Waals surface area (Å²) in [5.41, 5.74) is 7.25. The van der Waals surface area contributed by atoms with Gasteiger partial charge in [-0.25, -0.2) is 9.97 Å². The standard InChI is InChI=1S/C24H23F3N6O/c25-24(26,27)23(7-8-23)22(34)32-10-5-14(6-11-32)21-31-18(19-20(28)29-9-12-33(19)21)17-13-15-3-1-2-4-16(15)30-17/h1-4,9,12-14,30H,5-8,10-11H2,(H2,28,29). The van der Waals surface area contributed by atoms with Gasteiger partial charge in [-0.15, -0.1) is 0 Å². The van der Waals surface area contributed by atoms with Gasteiger partial charge in [-0.2, -0.15) is 13.2 Å². The highest BCUT2D eigenvalue weighted by molar-refractivity contribution is 5.91. The molecule has 176 valence electrons. The molecule has 0 atom stereocenters. The van der Waals surface area contributed by atoms with Gasteiger partial charge in [0.2, 0.25) is 5.91 Å². The van der Waals surface area contributed by atoms with Gasteiger partial charge in [-0.1, -0.05) is 18.2 Å². The molecule has 0 radical (unpaired) electrons. The molecule has 2 fully saturated rings. The van der Waals surface area contributed by atoms with Crippen LogP contribution in [0.2, 0.25) is 0 Å². The van der Waals surface area contributed by atoms with E-state index >= 15 is 0 Å². The molecule has 4 heterocycles. The summed E-state index contributed by atoms with van der Waals surface area (Å²) >= 11 is 0. The minimum absolute atomic E-state index is 0.0162. The molecule has 0 unspecified atom stereocenters. The van der Waals surface area contributed by atoms with Crippen LogP contribution in [0.25, 0.3) is 27.8 Å². The number of rotatable bonds is 3. The van der Waals surface area contributed by atoms with Crippen molar-refractivity contribution < 1.29 is 18.0 Å². The average molecular weight is 468 g/mol. The number of para-hydroxylation sites is 1. The minimum atomic E-state index is -4.49. The number of amides is 1. The monoisotopic (exact) mass is 468 g/mol. The number of aromatic nitrogens is 4. The number of hydrogen-bond acceptors (Lipinski definition) is 4. The molecule has 1 aromatic carbocycles. The van der Waals surface area contributed by atoms with E-state index in [0.29, 0.717) is 29.9 Å². The van der Waals surface area contributed by atoms with Gasteiger partial charge in [-0.05, 0) is 37.8 Å². The fraction of sp³-hybridized carbons (Fsp3) is 0.375. The van der Waals surface area contributed by atoms with Crippen LogP contribution >= 0.6 is 0 Å². The second-order valence-corrected chi connectivity index (χ2v) is 9.27. The summed E-state index contributed by atoms with van der Waals surface area (Å²) in [5, 5.41) is 1.05. The van der Waals surface area contributed by atoms with Crippen LogP contribution < -0.4 is 5.73 Å². The van der Waals surface area contributed by atoms with Gasteiger partial charge in [0.15, 0.2) is 0 Å². The van der Waals surface area contributed by atoms with Crippen molar-refractivity contribution >= 4 is 28.1 Å². The van der Waals surface area contributed by atoms with E-state index in [2.05, 4.69) is 9.97 Å². The van der Waals surface area contributed by atoms with Crippen LogP contribution in [0.1, 0.15) is 37.4 Å². The Hall–Kier alpha value is -3.56. The van der Waals surface area contributed by atoms with Crippen LogP contribution in [0.15, 0.2) is 42.7 Å². The number of alkyl halides is 3. The number of nitrogens with zero attached hydrogens (tertiary/aromatic N) is 4. The largest absolute Gasteiger partial charge is 0.403 e. The fourth-order valence-corrected chi connectivity index (χ4v) is 5.15. The van der Waals surface area contributed by atoms with Crippen molar-refractivity contribution in [3.05, 3.63) is 48.5 Å². The zero-order chi connectivity index (χ0) is 23.7. The van der Waals surface area contributed by atoms with Crippen LogP contribution in [0.5, 0.6) is 0 Å². The fourth-order valence-electron chi connectivity index (χ4n) is 5.15. The van der Waals surface area contributed by atoms with Crippen molar-refractivity contribution in [3.8, 4) is 11.4 Å². The Bertz CT molecular complexity index is 1380. The molecule has 0 spiro atoms. The Morgan fingerprint density at radius 2 is 1.91 bits per heavy atom. The predicted molar refractivity (Wildman–Crippen MR) is 121 cm³/mol. The number of likely N-dealkylation sites (tertiary alicyclic amines) is 1. The Balaban J connectivity index is 1.31. The van der Waals surface area contributed by atoms with Crippen molar-refractivity contribution in [1.29, 1.82) is 0 Å². The molecule has 1 saturated carbocycles. The van der Waals surface area contributed by atoms with Crippen LogP contribution in [0.3, 0.4) is 0 Å². The molecule has 3 aromatic heterocycles. The number of carbonyl (C=O) groups excluding carboxylic acids is 1. The van der Waals surface area contributed by atoms with E-state index in [9.17, 15) is 18.0 Å². The summed E-state index contributed by atoms with van der Waals surface area (Å²) in [6.07, 6.45) is -0.220. The van der Waals surface area contributed by atoms with Crippen molar-refractivity contribution in [1.82, 2.24) is 24.3 Å². The lowest BCUT2D eigenvalue weighted by Crippen LogP contribution is -2.47. The zero-order valence-corrected chi connectivity index (χ0v) is 18.3. The molecule has 2 aliphatic rings. The van der Waals surface area contributed by atoms with Crippen LogP contribution in [-0.4, -0.2) is 49.4 Å². The van der Waals surface area contributed by atoms with Gasteiger partial charge in [0.25, 0.3) is 0 Å². The third-order valence-electron chi connectivity index (χ3n) is 7.24. The van der Waals surface area contributed by atoms with Crippen molar-refractivity contribution in [2.45, 2.75) is 37.8 Å². The minimum Gasteiger partial charge on any atom is -0.382 e. The number of H-pyrrole nitrogens is 1. The second kappa shape index (κ2) is 7.22. The van der Waals surface area contributed by atoms with Gasteiger partial charge in [0.1, 0.15) is 28.3 Å². The number of imidazole rings is 1. The number of nitrogens with two attached hydrogens (primary N) is 1. The highest BCUT2D eigenvalue weighted by atomic mass is 19.4. The molecule has 10 heteroatoms. The third-order valence-corrected chi connectivity index (χ3v) is 7.24. The van der Waals surface area contributed by atoms with Crippen molar-refractivity contribution in [2.75, 3.05) is 18.8 Å². The average Bonchev–Trinajstić information content (AvgIpc) is 3.40. The lowest BCUT2D eigenvalue weighted by atomic mass is 9.94. The Labute approximate surface area is 192 Å². The summed E-state index contributed by atoms with van der Waals surface area (Å²) in [6.45, 7) is 0.553. The molecular formula is C24H23F3N6O. The normalized spacial score (nSPS) is 18.6. The molecule has 1 amide bonds. The smallest absolute Gasteiger partial charge is 0.382 e. The molecule has 1 saturated heterocycles. The number of fused-ring (bicyclic) bond motifs is 2. The molecule has 7 nitrogen and oxygen atoms in total. The zero-order valence-electron chi connectivity index (χ0n) is 18.3. The van der Waals surface area contributed by atoms with E-state index < -0.39 is 17.5 Å². The molecule has 4 aromatic rings. The first-order valence-electron chi connectivity index (χ1n) is 11.4. The first-order valence-corrected chi connectivity index (χ1v) is 11.4. The summed E-state index contributed by atoms with van der Waals surface area (Å²) in [4.78, 5) is 26.6. The molecule has 34 heavy (non-hydrogen) atoms. The first kappa shape index (κ1) is 21.0. The number of hydrogen-bond donors (Lipinski definition) is 2. The maximum absolute atomic E-state index is 13.4. The lowest BCUT2D eigenvalue weighted by Gasteiger charge is -2.34. The van der Waals surface area contributed by atoms with Crippen molar-refractivity contribution in [3.63, 3.8) is 0 Å². The molecule has 3 N–H and O–H groups in total. The molecular weight excluding hydrogens is 445 g/mol. The number of benzene rings is 1. The number of nitrogen functional groups attached to an aromatic ring is 1. The van der Waals surface area contributed by atoms with Crippen LogP contribution in [0, 0.1) is 5.41 Å². The van der Waals surface area contributed by atoms with Gasteiger partial charge in [-0.3, -0.25) is 9.20 Å². The Morgan fingerprint density at radius 3 is 2.59 bits per heavy atom. The third kappa shape index (κ3) is 3.08. The molecule has 1 aliphatic heterocycles. The second-order valence-electron chi connectivity index (χ2n) is 9.27. The number of halogens is 3. The molecule has 0 bridgehead atoms. The Kier molecular flexibility index (Phi) is 4.46. The van der Waals surface area contributed by atoms with E-state index in [1.54, 1.807) is 12.4 Å². The summed E-state index contributed by atoms with van der Waals surface area (Å²) in [7, 11) is 0. The summed E-state index contributed by atoms with van der Waals surface area (Å²) in [5.74, 6) is 0.335. The van der Waals surface area contributed by atoms with E-state index in [-0.39, 0.29) is 31.8 Å². The lowest BCUT2D eigenvalue weighted by molar-refractivity contribution is -0.199. The molecule has 1 aliphatic carbocycles. The van der Waals surface area contributed by atoms with Gasteiger partial charge in [0.05, 0.1) is 5.69 Å². The number of anilines is 1. The van der Waals surface area contributed by atoms with E-state index in [4.69, 9.17) is 10.7 Å². The summed E-state index contributed by atoms with van der Waals surface area (Å²) < 4.78 is 42.2. The van der Waals surface area contributed by atoms with Crippen molar-refractivity contribution in [2.24, 2.45) is 5.41 Å². The first-order chi connectivity index (χ1) is 16.3. The number of aromatic amines is 1. The van der Waals surface area contributed by atoms with E-state index in [1.165, 1.54) is 4.90 Å². The SMILES string of the molecule is Nc1nccn2c(C3CCN(C(=O)C4(C(F)(F)F)CC4)CC3)nc(-c3cc4ccccc4[nH]3)c12. The van der Waals surface area contributed by atoms with Gasteiger partial charge in [0, 0.05) is 42.3 Å². The highest BCUT2D eigenvalue weighted by Gasteiger charge is 2.69. The quantitative estimate of drug-likeness (QED) is 0.463. The predicted octanol–water partition coefficient (Wildman–Crippen LogP) is 4.51. The topological polar surface area (TPSA) is 92.3 Å². The van der Waals surface area contributed by atoms with Gasteiger partial charge >= 0.3 is 6.18 Å². The van der Waals surface area contributed by atoms with Crippen LogP contribution in [0.4, 0.5) is 19.0 Å². The number of piperidine rings is 1. The van der Waals surface area contributed by atoms with E-state index in [0.717, 1.165) is 22.4 Å². The molecule has 6 rings (SSSR count). The maximum atomic E-state index is 13.4. The number of nitrogens with one attached hydrogen (secondary N) is 1. The van der Waals surface area contributed by atoms with E-state index in [1.807, 2.05) is 34.7 Å². The highest BCUT2D eigenvalue weighted by Crippen LogP contribution is 2.58. The van der Waals surface area contributed by atoms with Crippen LogP contribution in [-0.2, 0) is 4.79 Å². The maximum Gasteiger partial charge on any atom is 0.403 e. The summed E-state index contributed by atoms with van der Waals surface area (Å²) in [6, 6.07) is 9.93.